The van der Waals surface area contributed by atoms with Crippen LogP contribution in [0.3, 0.4) is 0 Å². The summed E-state index contributed by atoms with van der Waals surface area (Å²) in [6.45, 7) is 4.14. The van der Waals surface area contributed by atoms with Gasteiger partial charge in [-0.15, -0.1) is 0 Å². The highest BCUT2D eigenvalue weighted by atomic mass is 16.5. The molecule has 8 heteroatoms. The fourth-order valence-corrected chi connectivity index (χ4v) is 3.75. The number of amides is 1. The molecule has 3 rings (SSSR count). The van der Waals surface area contributed by atoms with Crippen molar-refractivity contribution in [3.63, 3.8) is 0 Å². The van der Waals surface area contributed by atoms with Crippen molar-refractivity contribution in [1.29, 1.82) is 0 Å². The molecule has 1 fully saturated rings. The van der Waals surface area contributed by atoms with E-state index in [4.69, 9.17) is 29.4 Å². The van der Waals surface area contributed by atoms with Gasteiger partial charge in [0.2, 0.25) is 11.5 Å². The normalized spacial score (nSPS) is 15.9. The maximum Gasteiger partial charge on any atom is 0.258 e. The molecule has 1 amide bonds. The molecule has 0 aromatic heterocycles. The lowest BCUT2D eigenvalue weighted by molar-refractivity contribution is -0.0227. The number of carbonyl (C=O) groups excluding carboxylic acids is 1. The third kappa shape index (κ3) is 5.08. The average molecular weight is 445 g/mol. The van der Waals surface area contributed by atoms with Crippen molar-refractivity contribution in [3.8, 4) is 28.7 Å². The molecule has 1 atom stereocenters. The van der Waals surface area contributed by atoms with Crippen LogP contribution in [0.5, 0.6) is 28.7 Å². The predicted molar refractivity (Wildman–Crippen MR) is 121 cm³/mol. The summed E-state index contributed by atoms with van der Waals surface area (Å²) in [6.07, 6.45) is 1.64. The largest absolute Gasteiger partial charge is 0.492 e. The van der Waals surface area contributed by atoms with Gasteiger partial charge in [-0.3, -0.25) is 4.79 Å². The van der Waals surface area contributed by atoms with Gasteiger partial charge in [0.15, 0.2) is 11.5 Å². The zero-order valence-electron chi connectivity index (χ0n) is 19.2. The Kier molecular flexibility index (Phi) is 8.19. The Hall–Kier alpha value is -2.97. The van der Waals surface area contributed by atoms with Crippen LogP contribution in [0.25, 0.3) is 0 Å². The van der Waals surface area contributed by atoms with Gasteiger partial charge in [-0.1, -0.05) is 19.1 Å². The summed E-state index contributed by atoms with van der Waals surface area (Å²) < 4.78 is 28.5. The van der Waals surface area contributed by atoms with Crippen molar-refractivity contribution < 1.29 is 28.5 Å². The van der Waals surface area contributed by atoms with Crippen LogP contribution in [-0.4, -0.2) is 64.5 Å². The van der Waals surface area contributed by atoms with Gasteiger partial charge in [0.25, 0.3) is 5.91 Å². The Morgan fingerprint density at radius 2 is 1.78 bits per heavy atom. The van der Waals surface area contributed by atoms with Crippen molar-refractivity contribution >= 4 is 5.91 Å². The Labute approximate surface area is 189 Å². The van der Waals surface area contributed by atoms with Crippen LogP contribution in [0.1, 0.15) is 29.3 Å². The molecule has 0 saturated carbocycles. The minimum atomic E-state index is -0.173. The van der Waals surface area contributed by atoms with Crippen LogP contribution in [0.15, 0.2) is 30.3 Å². The SMILES string of the molecule is CCC1CN(C(=O)c2cc(Oc3ccc(CCN)cc3)c(OC)c(OC)c2OC)CCO1. The van der Waals surface area contributed by atoms with Crippen LogP contribution in [-0.2, 0) is 11.2 Å². The molecular formula is C24H32N2O6. The minimum Gasteiger partial charge on any atom is -0.492 e. The lowest BCUT2D eigenvalue weighted by atomic mass is 10.1. The van der Waals surface area contributed by atoms with Crippen molar-refractivity contribution in [2.24, 2.45) is 5.73 Å². The second kappa shape index (κ2) is 11.1. The zero-order chi connectivity index (χ0) is 23.1. The number of rotatable bonds is 9. The summed E-state index contributed by atoms with van der Waals surface area (Å²) in [5.41, 5.74) is 7.09. The molecule has 1 unspecified atom stereocenters. The smallest absolute Gasteiger partial charge is 0.258 e. The number of benzene rings is 2. The highest BCUT2D eigenvalue weighted by Crippen LogP contribution is 2.48. The van der Waals surface area contributed by atoms with E-state index in [1.54, 1.807) is 11.0 Å². The topological polar surface area (TPSA) is 92.5 Å². The van der Waals surface area contributed by atoms with Crippen molar-refractivity contribution in [1.82, 2.24) is 4.90 Å². The third-order valence-electron chi connectivity index (χ3n) is 5.46. The van der Waals surface area contributed by atoms with Gasteiger partial charge in [0.1, 0.15) is 5.75 Å². The molecule has 1 saturated heterocycles. The van der Waals surface area contributed by atoms with E-state index >= 15 is 0 Å². The Bertz CT molecular complexity index is 916. The van der Waals surface area contributed by atoms with E-state index in [1.165, 1.54) is 21.3 Å². The predicted octanol–water partition coefficient (Wildman–Crippen LogP) is 3.26. The highest BCUT2D eigenvalue weighted by Gasteiger charge is 2.31. The van der Waals surface area contributed by atoms with Gasteiger partial charge in [-0.2, -0.15) is 0 Å². The van der Waals surface area contributed by atoms with E-state index < -0.39 is 0 Å². The van der Waals surface area contributed by atoms with Gasteiger partial charge in [-0.25, -0.2) is 0 Å². The fourth-order valence-electron chi connectivity index (χ4n) is 3.75. The first kappa shape index (κ1) is 23.7. The standard InChI is InChI=1S/C24H32N2O6/c1-5-17-15-26(12-13-31-17)24(27)19-14-20(22(29-3)23(30-4)21(19)28-2)32-18-8-6-16(7-9-18)10-11-25/h6-9,14,17H,5,10-13,15,25H2,1-4H3. The monoisotopic (exact) mass is 444 g/mol. The lowest BCUT2D eigenvalue weighted by Gasteiger charge is -2.33. The molecule has 32 heavy (non-hydrogen) atoms. The van der Waals surface area contributed by atoms with Gasteiger partial charge in [0, 0.05) is 19.2 Å². The van der Waals surface area contributed by atoms with E-state index in [9.17, 15) is 4.79 Å². The summed E-state index contributed by atoms with van der Waals surface area (Å²) in [7, 11) is 4.52. The molecular weight excluding hydrogens is 412 g/mol. The van der Waals surface area contributed by atoms with Gasteiger partial charge >= 0.3 is 0 Å². The average Bonchev–Trinajstić information content (AvgIpc) is 2.84. The summed E-state index contributed by atoms with van der Waals surface area (Å²) in [5, 5.41) is 0. The molecule has 0 radical (unpaired) electrons. The summed E-state index contributed by atoms with van der Waals surface area (Å²) in [6, 6.07) is 9.28. The van der Waals surface area contributed by atoms with E-state index in [0.717, 1.165) is 18.4 Å². The van der Waals surface area contributed by atoms with Gasteiger partial charge < -0.3 is 34.3 Å². The molecule has 8 nitrogen and oxygen atoms in total. The van der Waals surface area contributed by atoms with Crippen LogP contribution in [0.2, 0.25) is 0 Å². The number of hydrogen-bond donors (Lipinski definition) is 1. The number of carbonyl (C=O) groups is 1. The summed E-state index contributed by atoms with van der Waals surface area (Å²) in [5.74, 6) is 1.75. The number of hydrogen-bond acceptors (Lipinski definition) is 7. The molecule has 1 aliphatic rings. The molecule has 1 aliphatic heterocycles. The Morgan fingerprint density at radius 1 is 1.09 bits per heavy atom. The van der Waals surface area contributed by atoms with Crippen LogP contribution < -0.4 is 24.7 Å². The quantitative estimate of drug-likeness (QED) is 0.635. The fraction of sp³-hybridized carbons (Fsp3) is 0.458. The zero-order valence-corrected chi connectivity index (χ0v) is 19.2. The molecule has 1 heterocycles. The molecule has 0 bridgehead atoms. The first-order valence-electron chi connectivity index (χ1n) is 10.8. The van der Waals surface area contributed by atoms with Gasteiger partial charge in [0.05, 0.1) is 39.6 Å². The van der Waals surface area contributed by atoms with Crippen LogP contribution in [0.4, 0.5) is 0 Å². The molecule has 2 aromatic rings. The highest BCUT2D eigenvalue weighted by molar-refractivity contribution is 5.99. The second-order valence-corrected chi connectivity index (χ2v) is 7.46. The second-order valence-electron chi connectivity index (χ2n) is 7.46. The van der Waals surface area contributed by atoms with Crippen molar-refractivity contribution in [3.05, 3.63) is 41.5 Å². The first-order chi connectivity index (χ1) is 15.6. The number of nitrogens with zero attached hydrogens (tertiary/aromatic N) is 1. The minimum absolute atomic E-state index is 0.0154. The third-order valence-corrected chi connectivity index (χ3v) is 5.46. The van der Waals surface area contributed by atoms with E-state index in [1.807, 2.05) is 31.2 Å². The molecule has 0 spiro atoms. The van der Waals surface area contributed by atoms with Crippen molar-refractivity contribution in [2.45, 2.75) is 25.9 Å². The maximum atomic E-state index is 13.5. The Balaban J connectivity index is 2.00. The Morgan fingerprint density at radius 3 is 2.38 bits per heavy atom. The van der Waals surface area contributed by atoms with E-state index in [0.29, 0.717) is 60.6 Å². The van der Waals surface area contributed by atoms with Crippen LogP contribution >= 0.6 is 0 Å². The van der Waals surface area contributed by atoms with Gasteiger partial charge in [-0.05, 0) is 37.1 Å². The summed E-state index contributed by atoms with van der Waals surface area (Å²) in [4.78, 5) is 15.2. The number of methoxy groups -OCH3 is 3. The first-order valence-corrected chi connectivity index (χ1v) is 10.8. The molecule has 2 aromatic carbocycles. The number of ether oxygens (including phenoxy) is 5. The summed E-state index contributed by atoms with van der Waals surface area (Å²) >= 11 is 0. The molecule has 0 aliphatic carbocycles. The lowest BCUT2D eigenvalue weighted by Crippen LogP contribution is -2.45. The van der Waals surface area contributed by atoms with E-state index in [-0.39, 0.29) is 12.0 Å². The van der Waals surface area contributed by atoms with Crippen LogP contribution in [0, 0.1) is 0 Å². The molecule has 2 N–H and O–H groups in total. The van der Waals surface area contributed by atoms with E-state index in [2.05, 4.69) is 0 Å². The molecule has 174 valence electrons. The number of nitrogens with two attached hydrogens (primary N) is 1. The number of morpholine rings is 1. The maximum absolute atomic E-state index is 13.5. The van der Waals surface area contributed by atoms with Crippen molar-refractivity contribution in [2.75, 3.05) is 47.6 Å².